The fourth-order valence-corrected chi connectivity index (χ4v) is 4.61. The Bertz CT molecular complexity index is 725. The largest absolute Gasteiger partial charge is 0.396 e. The summed E-state index contributed by atoms with van der Waals surface area (Å²) < 4.78 is 5.00. The summed E-state index contributed by atoms with van der Waals surface area (Å²) in [4.78, 5) is 47.6. The third kappa shape index (κ3) is 15.4. The van der Waals surface area contributed by atoms with Crippen molar-refractivity contribution in [3.05, 3.63) is 0 Å². The van der Waals surface area contributed by atoms with E-state index in [0.29, 0.717) is 24.6 Å². The van der Waals surface area contributed by atoms with Crippen LogP contribution in [0.2, 0.25) is 0 Å². The molecule has 0 aliphatic heterocycles. The van der Waals surface area contributed by atoms with Crippen molar-refractivity contribution in [2.45, 2.75) is 52.7 Å². The lowest BCUT2D eigenvalue weighted by atomic mass is 9.87. The highest BCUT2D eigenvalue weighted by atomic mass is 33.1. The normalized spacial score (nSPS) is 13.4. The zero-order valence-corrected chi connectivity index (χ0v) is 24.1. The second kappa shape index (κ2) is 18.6. The number of amides is 4. The Balaban J connectivity index is 3.77. The maximum Gasteiger partial charge on any atom is 0.249 e. The van der Waals surface area contributed by atoms with Gasteiger partial charge < -0.3 is 41.3 Å². The van der Waals surface area contributed by atoms with Crippen LogP contribution in [-0.4, -0.2) is 109 Å². The van der Waals surface area contributed by atoms with E-state index in [4.69, 9.17) is 4.74 Å². The minimum atomic E-state index is -1.36. The SMILES string of the molecule is COCC(C)(C)C(O)C(=O)NCCC(=O)NCCSSCCNC(=O)CCNC(=O)C(O)C(C)(C)CO. The molecule has 4 amide bonds. The Morgan fingerprint density at radius 1 is 0.730 bits per heavy atom. The van der Waals surface area contributed by atoms with Gasteiger partial charge in [0.15, 0.2) is 0 Å². The number of hydrogen-bond acceptors (Lipinski definition) is 10. The molecular formula is C23H44N4O8S2. The Hall–Kier alpha value is -1.58. The van der Waals surface area contributed by atoms with Gasteiger partial charge in [0.25, 0.3) is 0 Å². The molecule has 0 aromatic rings. The van der Waals surface area contributed by atoms with Gasteiger partial charge in [-0.3, -0.25) is 19.2 Å². The highest BCUT2D eigenvalue weighted by Crippen LogP contribution is 2.21. The Labute approximate surface area is 227 Å². The van der Waals surface area contributed by atoms with Crippen LogP contribution in [0.3, 0.4) is 0 Å². The maximum absolute atomic E-state index is 12.0. The molecule has 0 aromatic carbocycles. The van der Waals surface area contributed by atoms with Crippen LogP contribution in [0.25, 0.3) is 0 Å². The van der Waals surface area contributed by atoms with Gasteiger partial charge in [0.05, 0.1) is 13.2 Å². The molecule has 0 aliphatic carbocycles. The van der Waals surface area contributed by atoms with Crippen molar-refractivity contribution in [3.63, 3.8) is 0 Å². The standard InChI is InChI=1S/C23H44N4O8S2/c1-22(2,14-28)18(31)20(33)26-8-6-16(29)24-10-12-36-37-13-11-25-17(30)7-9-27-21(34)19(32)23(3,4)15-35-5/h18-19,28,31-32H,6-15H2,1-5H3,(H,24,29)(H,25,30)(H,26,33)(H,27,34). The first-order chi connectivity index (χ1) is 17.3. The van der Waals surface area contributed by atoms with E-state index in [1.807, 2.05) is 0 Å². The quantitative estimate of drug-likeness (QED) is 0.0711. The average Bonchev–Trinajstić information content (AvgIpc) is 2.84. The summed E-state index contributed by atoms with van der Waals surface area (Å²) in [7, 11) is 4.59. The molecule has 0 rings (SSSR count). The molecule has 0 fully saturated rings. The molecule has 0 radical (unpaired) electrons. The van der Waals surface area contributed by atoms with Gasteiger partial charge in [0, 0.05) is 68.5 Å². The summed E-state index contributed by atoms with van der Waals surface area (Å²) in [6.45, 7) is 7.56. The van der Waals surface area contributed by atoms with Gasteiger partial charge in [-0.25, -0.2) is 0 Å². The molecule has 216 valence electrons. The molecule has 2 atom stereocenters. The number of aliphatic hydroxyl groups is 3. The van der Waals surface area contributed by atoms with Gasteiger partial charge >= 0.3 is 0 Å². The Kier molecular flexibility index (Phi) is 17.8. The molecule has 0 saturated heterocycles. The molecule has 0 aromatic heterocycles. The van der Waals surface area contributed by atoms with Crippen LogP contribution in [0.1, 0.15) is 40.5 Å². The molecule has 0 heterocycles. The van der Waals surface area contributed by atoms with Gasteiger partial charge in [0.1, 0.15) is 12.2 Å². The summed E-state index contributed by atoms with van der Waals surface area (Å²) in [6, 6.07) is 0. The van der Waals surface area contributed by atoms with E-state index in [-0.39, 0.29) is 51.0 Å². The number of carbonyl (C=O) groups excluding carboxylic acids is 4. The van der Waals surface area contributed by atoms with Crippen molar-refractivity contribution in [2.75, 3.05) is 58.0 Å². The van der Waals surface area contributed by atoms with E-state index in [0.717, 1.165) is 0 Å². The van der Waals surface area contributed by atoms with Gasteiger partial charge in [-0.05, 0) is 0 Å². The van der Waals surface area contributed by atoms with Crippen molar-refractivity contribution < 1.29 is 39.2 Å². The Morgan fingerprint density at radius 3 is 1.51 bits per heavy atom. The minimum Gasteiger partial charge on any atom is -0.396 e. The maximum atomic E-state index is 12.0. The van der Waals surface area contributed by atoms with Crippen molar-refractivity contribution >= 4 is 45.2 Å². The zero-order valence-electron chi connectivity index (χ0n) is 22.4. The summed E-state index contributed by atoms with van der Waals surface area (Å²) in [5.74, 6) is -0.275. The van der Waals surface area contributed by atoms with Crippen LogP contribution < -0.4 is 21.3 Å². The average molecular weight is 569 g/mol. The van der Waals surface area contributed by atoms with Crippen LogP contribution >= 0.6 is 21.6 Å². The first-order valence-corrected chi connectivity index (χ1v) is 14.6. The van der Waals surface area contributed by atoms with E-state index in [1.54, 1.807) is 49.3 Å². The summed E-state index contributed by atoms with van der Waals surface area (Å²) in [5.41, 5.74) is -1.70. The van der Waals surface area contributed by atoms with E-state index in [2.05, 4.69) is 21.3 Å². The smallest absolute Gasteiger partial charge is 0.249 e. The zero-order chi connectivity index (χ0) is 28.5. The van der Waals surface area contributed by atoms with Crippen molar-refractivity contribution in [1.82, 2.24) is 21.3 Å². The third-order valence-electron chi connectivity index (χ3n) is 5.30. The van der Waals surface area contributed by atoms with Gasteiger partial charge in [-0.15, -0.1) is 0 Å². The van der Waals surface area contributed by atoms with Crippen molar-refractivity contribution in [1.29, 1.82) is 0 Å². The Morgan fingerprint density at radius 2 is 1.14 bits per heavy atom. The first-order valence-electron chi connectivity index (χ1n) is 12.1. The number of ether oxygens (including phenoxy) is 1. The van der Waals surface area contributed by atoms with E-state index >= 15 is 0 Å². The second-order valence-corrected chi connectivity index (χ2v) is 12.5. The molecular weight excluding hydrogens is 524 g/mol. The number of rotatable bonds is 20. The number of nitrogens with one attached hydrogen (secondary N) is 4. The monoisotopic (exact) mass is 568 g/mol. The van der Waals surface area contributed by atoms with Gasteiger partial charge in [0.2, 0.25) is 23.6 Å². The van der Waals surface area contributed by atoms with Crippen LogP contribution in [0, 0.1) is 10.8 Å². The number of carbonyl (C=O) groups is 4. The summed E-state index contributed by atoms with van der Waals surface area (Å²) in [6.07, 6.45) is -2.42. The van der Waals surface area contributed by atoms with Gasteiger partial charge in [-0.1, -0.05) is 49.3 Å². The topological polar surface area (TPSA) is 186 Å². The minimum absolute atomic E-state index is 0.0756. The van der Waals surface area contributed by atoms with Crippen LogP contribution in [0.4, 0.5) is 0 Å². The molecule has 0 aliphatic rings. The van der Waals surface area contributed by atoms with E-state index in [1.165, 1.54) is 7.11 Å². The van der Waals surface area contributed by atoms with Crippen LogP contribution in [0.15, 0.2) is 0 Å². The lowest BCUT2D eigenvalue weighted by Crippen LogP contribution is -2.46. The van der Waals surface area contributed by atoms with Crippen molar-refractivity contribution in [2.24, 2.45) is 10.8 Å². The molecule has 37 heavy (non-hydrogen) atoms. The molecule has 0 saturated carbocycles. The molecule has 2 unspecified atom stereocenters. The van der Waals surface area contributed by atoms with E-state index < -0.39 is 34.9 Å². The number of hydrogen-bond donors (Lipinski definition) is 7. The highest BCUT2D eigenvalue weighted by molar-refractivity contribution is 8.76. The van der Waals surface area contributed by atoms with Crippen LogP contribution in [0.5, 0.6) is 0 Å². The third-order valence-corrected chi connectivity index (χ3v) is 7.71. The second-order valence-electron chi connectivity index (χ2n) is 9.80. The number of methoxy groups -OCH3 is 1. The fourth-order valence-electron chi connectivity index (χ4n) is 2.80. The molecule has 7 N–H and O–H groups in total. The molecule has 14 heteroatoms. The van der Waals surface area contributed by atoms with Crippen LogP contribution in [-0.2, 0) is 23.9 Å². The summed E-state index contributed by atoms with van der Waals surface area (Å²) >= 11 is 0. The molecule has 0 spiro atoms. The molecule has 0 bridgehead atoms. The van der Waals surface area contributed by atoms with Crippen molar-refractivity contribution in [3.8, 4) is 0 Å². The molecule has 12 nitrogen and oxygen atoms in total. The van der Waals surface area contributed by atoms with Gasteiger partial charge in [-0.2, -0.15) is 0 Å². The lowest BCUT2D eigenvalue weighted by molar-refractivity contribution is -0.138. The lowest BCUT2D eigenvalue weighted by Gasteiger charge is -2.28. The highest BCUT2D eigenvalue weighted by Gasteiger charge is 2.34. The number of aliphatic hydroxyl groups excluding tert-OH is 3. The fraction of sp³-hybridized carbons (Fsp3) is 0.826. The summed E-state index contributed by atoms with van der Waals surface area (Å²) in [5, 5.41) is 39.7. The van der Waals surface area contributed by atoms with E-state index in [9.17, 15) is 34.5 Å². The first kappa shape index (κ1) is 35.4. The predicted octanol–water partition coefficient (Wildman–Crippen LogP) is -0.974. The predicted molar refractivity (Wildman–Crippen MR) is 145 cm³/mol.